The summed E-state index contributed by atoms with van der Waals surface area (Å²) in [5.41, 5.74) is 0. The van der Waals surface area contributed by atoms with Gasteiger partial charge in [-0.2, -0.15) is 0 Å². The van der Waals surface area contributed by atoms with Crippen LogP contribution in [0.2, 0.25) is 0 Å². The van der Waals surface area contributed by atoms with Gasteiger partial charge < -0.3 is 14.8 Å². The SMILES string of the molecule is CCN1CCCC(Nc2nccn2C2CCCCC2)C1. The summed E-state index contributed by atoms with van der Waals surface area (Å²) in [6, 6.07) is 1.23. The van der Waals surface area contributed by atoms with Crippen molar-refractivity contribution in [2.45, 2.75) is 64.0 Å². The molecule has 2 fully saturated rings. The zero-order valence-electron chi connectivity index (χ0n) is 12.7. The van der Waals surface area contributed by atoms with E-state index in [9.17, 15) is 0 Å². The average molecular weight is 276 g/mol. The number of piperidine rings is 1. The fourth-order valence-corrected chi connectivity index (χ4v) is 3.72. The molecular formula is C16H28N4. The second-order valence-electron chi connectivity index (χ2n) is 6.33. The number of aromatic nitrogens is 2. The van der Waals surface area contributed by atoms with Gasteiger partial charge in [-0.05, 0) is 38.8 Å². The summed E-state index contributed by atoms with van der Waals surface area (Å²) in [6.45, 7) is 5.83. The van der Waals surface area contributed by atoms with Crippen LogP contribution in [0.4, 0.5) is 5.95 Å². The Morgan fingerprint density at radius 1 is 1.20 bits per heavy atom. The largest absolute Gasteiger partial charge is 0.352 e. The molecule has 1 saturated carbocycles. The highest BCUT2D eigenvalue weighted by molar-refractivity contribution is 5.29. The lowest BCUT2D eigenvalue weighted by atomic mass is 9.95. The first kappa shape index (κ1) is 13.9. The molecule has 1 aromatic heterocycles. The molecule has 0 spiro atoms. The van der Waals surface area contributed by atoms with Crippen LogP contribution in [0.3, 0.4) is 0 Å². The minimum atomic E-state index is 0.563. The summed E-state index contributed by atoms with van der Waals surface area (Å²) in [7, 11) is 0. The van der Waals surface area contributed by atoms with Gasteiger partial charge in [0.25, 0.3) is 0 Å². The number of imidazole rings is 1. The Morgan fingerprint density at radius 3 is 2.85 bits per heavy atom. The molecule has 1 N–H and O–H groups in total. The quantitative estimate of drug-likeness (QED) is 0.916. The van der Waals surface area contributed by atoms with E-state index >= 15 is 0 Å². The topological polar surface area (TPSA) is 33.1 Å². The maximum absolute atomic E-state index is 4.57. The molecule has 2 heterocycles. The molecule has 1 aromatic rings. The Bertz CT molecular complexity index is 408. The second kappa shape index (κ2) is 6.61. The van der Waals surface area contributed by atoms with Gasteiger partial charge >= 0.3 is 0 Å². The van der Waals surface area contributed by atoms with Gasteiger partial charge in [0.1, 0.15) is 0 Å². The summed E-state index contributed by atoms with van der Waals surface area (Å²) < 4.78 is 2.39. The van der Waals surface area contributed by atoms with Crippen molar-refractivity contribution in [3.8, 4) is 0 Å². The van der Waals surface area contributed by atoms with Gasteiger partial charge in [-0.1, -0.05) is 26.2 Å². The molecule has 0 amide bonds. The van der Waals surface area contributed by atoms with Gasteiger partial charge in [-0.3, -0.25) is 0 Å². The molecule has 0 radical (unpaired) electrons. The molecule has 1 unspecified atom stereocenters. The van der Waals surface area contributed by atoms with E-state index in [1.165, 1.54) is 51.5 Å². The number of hydrogen-bond donors (Lipinski definition) is 1. The van der Waals surface area contributed by atoms with E-state index in [2.05, 4.69) is 32.9 Å². The third-order valence-corrected chi connectivity index (χ3v) is 4.92. The molecule has 112 valence electrons. The number of hydrogen-bond acceptors (Lipinski definition) is 3. The highest BCUT2D eigenvalue weighted by atomic mass is 15.2. The summed E-state index contributed by atoms with van der Waals surface area (Å²) in [5, 5.41) is 3.70. The normalized spacial score (nSPS) is 25.8. The van der Waals surface area contributed by atoms with E-state index in [-0.39, 0.29) is 0 Å². The van der Waals surface area contributed by atoms with Crippen molar-refractivity contribution in [3.05, 3.63) is 12.4 Å². The maximum Gasteiger partial charge on any atom is 0.203 e. The van der Waals surface area contributed by atoms with Crippen LogP contribution < -0.4 is 5.32 Å². The van der Waals surface area contributed by atoms with E-state index in [0.29, 0.717) is 12.1 Å². The van der Waals surface area contributed by atoms with Crippen LogP contribution in [-0.2, 0) is 0 Å². The van der Waals surface area contributed by atoms with Crippen molar-refractivity contribution in [1.82, 2.24) is 14.5 Å². The molecule has 0 bridgehead atoms. The van der Waals surface area contributed by atoms with Crippen LogP contribution in [0.25, 0.3) is 0 Å². The first-order valence-corrected chi connectivity index (χ1v) is 8.38. The van der Waals surface area contributed by atoms with Gasteiger partial charge in [0.15, 0.2) is 0 Å². The molecule has 4 heteroatoms. The molecule has 1 aliphatic carbocycles. The van der Waals surface area contributed by atoms with E-state index in [1.807, 2.05) is 6.20 Å². The number of likely N-dealkylation sites (tertiary alicyclic amines) is 1. The Kier molecular flexibility index (Phi) is 4.61. The second-order valence-corrected chi connectivity index (χ2v) is 6.33. The molecule has 4 nitrogen and oxygen atoms in total. The fourth-order valence-electron chi connectivity index (χ4n) is 3.72. The van der Waals surface area contributed by atoms with Crippen LogP contribution in [0, 0.1) is 0 Å². The lowest BCUT2D eigenvalue weighted by Crippen LogP contribution is -2.42. The Labute approximate surface area is 122 Å². The van der Waals surface area contributed by atoms with Crippen LogP contribution in [0.15, 0.2) is 12.4 Å². The number of rotatable bonds is 4. The van der Waals surface area contributed by atoms with Gasteiger partial charge in [-0.15, -0.1) is 0 Å². The maximum atomic E-state index is 4.57. The van der Waals surface area contributed by atoms with Crippen LogP contribution in [-0.4, -0.2) is 40.1 Å². The monoisotopic (exact) mass is 276 g/mol. The first-order chi connectivity index (χ1) is 9.86. The highest BCUT2D eigenvalue weighted by Gasteiger charge is 2.22. The van der Waals surface area contributed by atoms with Crippen LogP contribution in [0.1, 0.15) is 57.9 Å². The predicted molar refractivity (Wildman–Crippen MR) is 83.1 cm³/mol. The molecule has 1 aliphatic heterocycles. The minimum absolute atomic E-state index is 0.563. The van der Waals surface area contributed by atoms with Crippen molar-refractivity contribution >= 4 is 5.95 Å². The van der Waals surface area contributed by atoms with Crippen molar-refractivity contribution in [3.63, 3.8) is 0 Å². The third-order valence-electron chi connectivity index (χ3n) is 4.92. The van der Waals surface area contributed by atoms with Crippen LogP contribution in [0.5, 0.6) is 0 Å². The zero-order valence-corrected chi connectivity index (χ0v) is 12.7. The highest BCUT2D eigenvalue weighted by Crippen LogP contribution is 2.30. The Morgan fingerprint density at radius 2 is 2.05 bits per heavy atom. The lowest BCUT2D eigenvalue weighted by molar-refractivity contribution is 0.226. The standard InChI is InChI=1S/C16H28N4/c1-2-19-11-6-7-14(13-19)18-16-17-10-12-20(16)15-8-4-3-5-9-15/h10,12,14-15H,2-9,11,13H2,1H3,(H,17,18). The predicted octanol–water partition coefficient (Wildman–Crippen LogP) is 3.28. The number of nitrogens with zero attached hydrogens (tertiary/aromatic N) is 3. The van der Waals surface area contributed by atoms with E-state index in [4.69, 9.17) is 0 Å². The molecular weight excluding hydrogens is 248 g/mol. The van der Waals surface area contributed by atoms with Crippen molar-refractivity contribution in [1.29, 1.82) is 0 Å². The summed E-state index contributed by atoms with van der Waals surface area (Å²) in [6.07, 6.45) is 13.5. The number of nitrogens with one attached hydrogen (secondary N) is 1. The zero-order chi connectivity index (χ0) is 13.8. The summed E-state index contributed by atoms with van der Waals surface area (Å²) in [5.74, 6) is 1.10. The van der Waals surface area contributed by atoms with Crippen molar-refractivity contribution in [2.24, 2.45) is 0 Å². The van der Waals surface area contributed by atoms with E-state index in [1.54, 1.807) is 0 Å². The number of likely N-dealkylation sites (N-methyl/N-ethyl adjacent to an activating group) is 1. The first-order valence-electron chi connectivity index (χ1n) is 8.38. The number of anilines is 1. The molecule has 1 saturated heterocycles. The molecule has 3 rings (SSSR count). The lowest BCUT2D eigenvalue weighted by Gasteiger charge is -2.33. The van der Waals surface area contributed by atoms with E-state index in [0.717, 1.165) is 19.0 Å². The van der Waals surface area contributed by atoms with Gasteiger partial charge in [0.2, 0.25) is 5.95 Å². The summed E-state index contributed by atoms with van der Waals surface area (Å²) in [4.78, 5) is 7.11. The van der Waals surface area contributed by atoms with Crippen LogP contribution >= 0.6 is 0 Å². The molecule has 2 aliphatic rings. The van der Waals surface area contributed by atoms with Gasteiger partial charge in [0.05, 0.1) is 0 Å². The third kappa shape index (κ3) is 3.17. The van der Waals surface area contributed by atoms with Crippen molar-refractivity contribution < 1.29 is 0 Å². The van der Waals surface area contributed by atoms with Gasteiger partial charge in [-0.25, -0.2) is 4.98 Å². The molecule has 0 aromatic carbocycles. The summed E-state index contributed by atoms with van der Waals surface area (Å²) >= 11 is 0. The smallest absolute Gasteiger partial charge is 0.203 e. The fraction of sp³-hybridized carbons (Fsp3) is 0.812. The average Bonchev–Trinajstić information content (AvgIpc) is 2.96. The Balaban J connectivity index is 1.63. The van der Waals surface area contributed by atoms with Gasteiger partial charge in [0, 0.05) is 31.0 Å². The van der Waals surface area contributed by atoms with E-state index < -0.39 is 0 Å². The molecule has 1 atom stereocenters. The minimum Gasteiger partial charge on any atom is -0.352 e. The van der Waals surface area contributed by atoms with Crippen molar-refractivity contribution in [2.75, 3.05) is 25.0 Å². The Hall–Kier alpha value is -1.03. The molecule has 20 heavy (non-hydrogen) atoms.